The van der Waals surface area contributed by atoms with Gasteiger partial charge < -0.3 is 5.11 Å². The Morgan fingerprint density at radius 3 is 1.45 bits per heavy atom. The number of benzene rings is 4. The van der Waals surface area contributed by atoms with Crippen LogP contribution in [0.2, 0.25) is 0 Å². The first-order chi connectivity index (χ1) is 18.8. The largest absolute Gasteiger partial charge is 0.409 e. The predicted octanol–water partition coefficient (Wildman–Crippen LogP) is 5.72. The second-order valence-electron chi connectivity index (χ2n) is 9.15. The van der Waals surface area contributed by atoms with Crippen molar-refractivity contribution in [3.05, 3.63) is 169 Å². The first-order valence-electron chi connectivity index (χ1n) is 12.8. The Kier molecular flexibility index (Phi) is 7.43. The van der Waals surface area contributed by atoms with Crippen LogP contribution in [0.1, 0.15) is 17.2 Å². The van der Waals surface area contributed by atoms with Crippen molar-refractivity contribution in [3.8, 4) is 0 Å². The fraction of sp³-hybridized carbons (Fsp3) is 0.0286. The minimum Gasteiger partial charge on any atom is -0.409 e. The molecule has 6 rings (SSSR count). The van der Waals surface area contributed by atoms with Crippen LogP contribution in [-0.4, -0.2) is 5.11 Å². The molecule has 6 aromatic carbocycles. The molecule has 0 fully saturated rings. The lowest BCUT2D eigenvalue weighted by atomic mass is 10.1. The van der Waals surface area contributed by atoms with Gasteiger partial charge in [-0.25, -0.2) is 18.2 Å². The summed E-state index contributed by atoms with van der Waals surface area (Å²) in [6.07, 6.45) is -0.708. The molecule has 0 radical (unpaired) electrons. The average molecular weight is 527 g/mol. The van der Waals surface area contributed by atoms with Crippen molar-refractivity contribution in [2.45, 2.75) is 6.10 Å². The number of rotatable bonds is 8. The van der Waals surface area contributed by atoms with Crippen molar-refractivity contribution >= 4 is 47.7 Å². The molecule has 3 heteroatoms. The Hall–Kier alpha value is -3.60. The first kappa shape index (κ1) is 24.7. The average Bonchev–Trinajstić information content (AvgIpc) is 3.66. The van der Waals surface area contributed by atoms with Crippen molar-refractivity contribution < 1.29 is 5.11 Å². The van der Waals surface area contributed by atoms with E-state index in [4.69, 9.17) is 0 Å². The van der Waals surface area contributed by atoms with Gasteiger partial charge in [-0.05, 0) is 37.1 Å². The van der Waals surface area contributed by atoms with E-state index in [0.717, 1.165) is 11.1 Å². The van der Waals surface area contributed by atoms with Gasteiger partial charge in [-0.2, -0.15) is 23.8 Å². The van der Waals surface area contributed by atoms with E-state index in [9.17, 15) is 5.11 Å². The third-order valence-electron chi connectivity index (χ3n) is 6.78. The number of hydrogen-bond donors (Lipinski definition) is 1. The van der Waals surface area contributed by atoms with Crippen LogP contribution in [0.5, 0.6) is 0 Å². The van der Waals surface area contributed by atoms with Gasteiger partial charge in [-0.1, -0.05) is 121 Å². The summed E-state index contributed by atoms with van der Waals surface area (Å²) >= 11 is 0. The standard InChI is InChI=1S/C35H28OP2/c36-35(31-23-13-25-33(31)37(27-15-5-1-6-16-27)28-17-7-2-8-18-28)32-24-14-26-34(32)38(29-19-9-3-10-20-29)30-21-11-4-12-22-30/h1-26,35-36H/q-2. The second kappa shape index (κ2) is 11.4. The normalized spacial score (nSPS) is 12.2. The second-order valence-corrected chi connectivity index (χ2v) is 13.5. The maximum Gasteiger partial charge on any atom is 0.00676 e. The molecule has 0 aliphatic heterocycles. The summed E-state index contributed by atoms with van der Waals surface area (Å²) in [7, 11) is -1.61. The molecule has 38 heavy (non-hydrogen) atoms. The van der Waals surface area contributed by atoms with Gasteiger partial charge in [0.05, 0.1) is 0 Å². The summed E-state index contributed by atoms with van der Waals surface area (Å²) in [5, 5.41) is 19.6. The Balaban J connectivity index is 1.45. The lowest BCUT2D eigenvalue weighted by Gasteiger charge is -2.32. The van der Waals surface area contributed by atoms with E-state index in [1.165, 1.54) is 31.8 Å². The molecular formula is C35H28OP2-2. The van der Waals surface area contributed by atoms with Crippen LogP contribution in [-0.2, 0) is 0 Å². The Labute approximate surface area is 227 Å². The molecule has 0 amide bonds. The van der Waals surface area contributed by atoms with Crippen LogP contribution in [0, 0.1) is 0 Å². The zero-order valence-corrected chi connectivity index (χ0v) is 22.7. The van der Waals surface area contributed by atoms with Crippen LogP contribution in [0.3, 0.4) is 0 Å². The van der Waals surface area contributed by atoms with Gasteiger partial charge in [-0.15, -0.1) is 16.2 Å². The third-order valence-corrected chi connectivity index (χ3v) is 11.8. The van der Waals surface area contributed by atoms with E-state index >= 15 is 0 Å². The molecule has 0 aliphatic carbocycles. The highest BCUT2D eigenvalue weighted by molar-refractivity contribution is 7.80. The van der Waals surface area contributed by atoms with Gasteiger partial charge in [0.15, 0.2) is 0 Å². The van der Waals surface area contributed by atoms with Gasteiger partial charge in [0.2, 0.25) is 0 Å². The van der Waals surface area contributed by atoms with E-state index in [-0.39, 0.29) is 0 Å². The quantitative estimate of drug-likeness (QED) is 0.199. The summed E-state index contributed by atoms with van der Waals surface area (Å²) < 4.78 is 0. The third kappa shape index (κ3) is 4.94. The van der Waals surface area contributed by atoms with Crippen LogP contribution in [0.4, 0.5) is 0 Å². The van der Waals surface area contributed by atoms with E-state index in [1.54, 1.807) is 0 Å². The van der Waals surface area contributed by atoms with Gasteiger partial charge in [0.1, 0.15) is 0 Å². The molecule has 1 N–H and O–H groups in total. The molecule has 0 aromatic heterocycles. The predicted molar refractivity (Wildman–Crippen MR) is 166 cm³/mol. The molecule has 0 unspecified atom stereocenters. The SMILES string of the molecule is OC(c1cc[cH-]c1P(c1ccccc1)c1ccccc1)[c-]1cccc1P(c1ccccc1)c1ccccc1. The summed E-state index contributed by atoms with van der Waals surface area (Å²) in [6.45, 7) is 0. The molecule has 0 heterocycles. The zero-order valence-electron chi connectivity index (χ0n) is 20.9. The smallest absolute Gasteiger partial charge is 0.00676 e. The zero-order chi connectivity index (χ0) is 25.7. The van der Waals surface area contributed by atoms with Gasteiger partial charge in [0.25, 0.3) is 0 Å². The Morgan fingerprint density at radius 1 is 0.526 bits per heavy atom. The lowest BCUT2D eigenvalue weighted by molar-refractivity contribution is 0.223. The van der Waals surface area contributed by atoms with E-state index in [2.05, 4.69) is 158 Å². The maximum absolute atomic E-state index is 12.0. The number of hydrogen-bond acceptors (Lipinski definition) is 1. The highest BCUT2D eigenvalue weighted by Gasteiger charge is 2.21. The van der Waals surface area contributed by atoms with Crippen molar-refractivity contribution in [1.82, 2.24) is 0 Å². The monoisotopic (exact) mass is 526 g/mol. The van der Waals surface area contributed by atoms with Gasteiger partial charge in [-0.3, -0.25) is 0 Å². The molecule has 0 bridgehead atoms. The van der Waals surface area contributed by atoms with Crippen molar-refractivity contribution in [2.24, 2.45) is 0 Å². The van der Waals surface area contributed by atoms with E-state index in [0.29, 0.717) is 0 Å². The van der Waals surface area contributed by atoms with Gasteiger partial charge in [0, 0.05) is 6.10 Å². The minimum absolute atomic E-state index is 0.708. The van der Waals surface area contributed by atoms with Gasteiger partial charge >= 0.3 is 0 Å². The molecule has 0 saturated heterocycles. The number of aliphatic hydroxyl groups is 1. The Morgan fingerprint density at radius 2 is 0.974 bits per heavy atom. The molecule has 0 atom stereocenters. The van der Waals surface area contributed by atoms with Crippen LogP contribution in [0.15, 0.2) is 158 Å². The van der Waals surface area contributed by atoms with Crippen molar-refractivity contribution in [1.29, 1.82) is 0 Å². The molecule has 186 valence electrons. The minimum atomic E-state index is -0.805. The molecule has 1 nitrogen and oxygen atoms in total. The van der Waals surface area contributed by atoms with Crippen LogP contribution < -0.4 is 31.8 Å². The fourth-order valence-electron chi connectivity index (χ4n) is 5.05. The maximum atomic E-state index is 12.0. The number of aliphatic hydroxyl groups excluding tert-OH is 1. The molecule has 0 spiro atoms. The summed E-state index contributed by atoms with van der Waals surface area (Å²) in [4.78, 5) is 0. The van der Waals surface area contributed by atoms with E-state index < -0.39 is 21.9 Å². The molecule has 0 saturated carbocycles. The lowest BCUT2D eigenvalue weighted by Crippen LogP contribution is -2.26. The van der Waals surface area contributed by atoms with Crippen molar-refractivity contribution in [3.63, 3.8) is 0 Å². The highest BCUT2D eigenvalue weighted by Crippen LogP contribution is 2.40. The highest BCUT2D eigenvalue weighted by atomic mass is 31.1. The van der Waals surface area contributed by atoms with Crippen molar-refractivity contribution in [2.75, 3.05) is 0 Å². The topological polar surface area (TPSA) is 20.2 Å². The summed E-state index contributed by atoms with van der Waals surface area (Å²) in [5.74, 6) is 0. The van der Waals surface area contributed by atoms with Crippen LogP contribution >= 0.6 is 15.8 Å². The summed E-state index contributed by atoms with van der Waals surface area (Å²) in [6, 6.07) is 55.6. The van der Waals surface area contributed by atoms with E-state index in [1.807, 2.05) is 0 Å². The Bertz CT molecular complexity index is 1370. The summed E-state index contributed by atoms with van der Waals surface area (Å²) in [5.41, 5.74) is 1.99. The molecular weight excluding hydrogens is 498 g/mol. The molecule has 6 aromatic rings. The molecule has 0 aliphatic rings. The first-order valence-corrected chi connectivity index (χ1v) is 15.5. The van der Waals surface area contributed by atoms with Crippen LogP contribution in [0.25, 0.3) is 0 Å². The fourth-order valence-corrected chi connectivity index (χ4v) is 10.0.